The molecule has 2 rings (SSSR count). The summed E-state index contributed by atoms with van der Waals surface area (Å²) >= 11 is 0. The Morgan fingerprint density at radius 1 is 1.53 bits per heavy atom. The van der Waals surface area contributed by atoms with Crippen LogP contribution in [-0.2, 0) is 6.54 Å². The maximum Gasteiger partial charge on any atom is 0.150 e. The molecule has 1 aromatic heterocycles. The van der Waals surface area contributed by atoms with Gasteiger partial charge in [0.15, 0.2) is 5.76 Å². The van der Waals surface area contributed by atoms with Crippen LogP contribution in [-0.4, -0.2) is 36.2 Å². The lowest BCUT2D eigenvalue weighted by Gasteiger charge is -2.30. The van der Waals surface area contributed by atoms with Crippen molar-refractivity contribution in [3.05, 3.63) is 17.5 Å². The van der Waals surface area contributed by atoms with Crippen molar-refractivity contribution in [1.29, 1.82) is 0 Å². The zero-order chi connectivity index (χ0) is 10.7. The Kier molecular flexibility index (Phi) is 3.38. The Morgan fingerprint density at radius 2 is 2.27 bits per heavy atom. The fourth-order valence-electron chi connectivity index (χ4n) is 2.11. The van der Waals surface area contributed by atoms with Crippen molar-refractivity contribution in [2.75, 3.05) is 20.1 Å². The van der Waals surface area contributed by atoms with Crippen LogP contribution in [0.2, 0.25) is 0 Å². The smallest absolute Gasteiger partial charge is 0.150 e. The fourth-order valence-corrected chi connectivity index (χ4v) is 2.11. The zero-order valence-electron chi connectivity index (χ0n) is 9.49. The van der Waals surface area contributed by atoms with Crippen LogP contribution in [0.15, 0.2) is 10.6 Å². The van der Waals surface area contributed by atoms with E-state index < -0.39 is 0 Å². The average molecular weight is 209 g/mol. The highest BCUT2D eigenvalue weighted by atomic mass is 16.5. The predicted molar refractivity (Wildman–Crippen MR) is 58.6 cm³/mol. The Balaban J connectivity index is 1.88. The monoisotopic (exact) mass is 209 g/mol. The van der Waals surface area contributed by atoms with E-state index in [1.165, 1.54) is 12.8 Å². The molecule has 1 saturated heterocycles. The van der Waals surface area contributed by atoms with Gasteiger partial charge in [0.2, 0.25) is 0 Å². The van der Waals surface area contributed by atoms with Gasteiger partial charge in [-0.3, -0.25) is 4.90 Å². The van der Waals surface area contributed by atoms with Crippen LogP contribution in [0.25, 0.3) is 0 Å². The van der Waals surface area contributed by atoms with Gasteiger partial charge in [-0.05, 0) is 39.9 Å². The van der Waals surface area contributed by atoms with Crippen LogP contribution in [0.1, 0.15) is 24.3 Å². The van der Waals surface area contributed by atoms with Gasteiger partial charge in [0, 0.05) is 12.1 Å². The Hall–Kier alpha value is -0.870. The molecule has 0 spiro atoms. The predicted octanol–water partition coefficient (Wildman–Crippen LogP) is 1.17. The van der Waals surface area contributed by atoms with Crippen molar-refractivity contribution in [2.45, 2.75) is 32.4 Å². The first-order valence-corrected chi connectivity index (χ1v) is 5.59. The van der Waals surface area contributed by atoms with Gasteiger partial charge in [-0.25, -0.2) is 0 Å². The molecule has 1 aromatic rings. The zero-order valence-corrected chi connectivity index (χ0v) is 9.49. The maximum atomic E-state index is 5.22. The highest BCUT2D eigenvalue weighted by Gasteiger charge is 2.18. The lowest BCUT2D eigenvalue weighted by Crippen LogP contribution is -2.40. The second-order valence-corrected chi connectivity index (χ2v) is 4.33. The van der Waals surface area contributed by atoms with Gasteiger partial charge in [0.25, 0.3) is 0 Å². The van der Waals surface area contributed by atoms with Gasteiger partial charge in [0.05, 0.1) is 12.2 Å². The normalized spacial score (nSPS) is 18.6. The molecule has 0 radical (unpaired) electrons. The van der Waals surface area contributed by atoms with Crippen LogP contribution >= 0.6 is 0 Å². The minimum absolute atomic E-state index is 0.677. The molecule has 0 unspecified atom stereocenters. The van der Waals surface area contributed by atoms with E-state index in [4.69, 9.17) is 4.52 Å². The quantitative estimate of drug-likeness (QED) is 0.811. The van der Waals surface area contributed by atoms with E-state index in [1.54, 1.807) is 0 Å². The molecule has 1 aliphatic heterocycles. The second-order valence-electron chi connectivity index (χ2n) is 4.33. The number of hydrogen-bond acceptors (Lipinski definition) is 4. The van der Waals surface area contributed by atoms with Gasteiger partial charge in [-0.15, -0.1) is 0 Å². The van der Waals surface area contributed by atoms with E-state index in [1.807, 2.05) is 13.0 Å². The van der Waals surface area contributed by atoms with Crippen molar-refractivity contribution in [3.63, 3.8) is 0 Å². The maximum absolute atomic E-state index is 5.22. The number of piperidine rings is 1. The standard InChI is InChI=1S/C11H19N3O/c1-9-7-11(15-13-9)8-14(2)10-3-5-12-6-4-10/h7,10,12H,3-6,8H2,1-2H3. The summed E-state index contributed by atoms with van der Waals surface area (Å²) in [4.78, 5) is 2.36. The third-order valence-electron chi connectivity index (χ3n) is 3.01. The molecule has 0 saturated carbocycles. The first-order chi connectivity index (χ1) is 7.25. The van der Waals surface area contributed by atoms with E-state index in [0.29, 0.717) is 6.04 Å². The van der Waals surface area contributed by atoms with E-state index in [2.05, 4.69) is 22.4 Å². The van der Waals surface area contributed by atoms with E-state index in [9.17, 15) is 0 Å². The molecule has 1 fully saturated rings. The Labute approximate surface area is 90.6 Å². The largest absolute Gasteiger partial charge is 0.360 e. The van der Waals surface area contributed by atoms with E-state index in [0.717, 1.165) is 31.1 Å². The number of rotatable bonds is 3. The number of aryl methyl sites for hydroxylation is 1. The van der Waals surface area contributed by atoms with Gasteiger partial charge in [0.1, 0.15) is 0 Å². The Morgan fingerprint density at radius 3 is 2.87 bits per heavy atom. The summed E-state index contributed by atoms with van der Waals surface area (Å²) in [6.45, 7) is 5.08. The van der Waals surface area contributed by atoms with Crippen molar-refractivity contribution in [2.24, 2.45) is 0 Å². The molecule has 4 nitrogen and oxygen atoms in total. The van der Waals surface area contributed by atoms with Crippen LogP contribution in [0.5, 0.6) is 0 Å². The van der Waals surface area contributed by atoms with Crippen molar-refractivity contribution >= 4 is 0 Å². The van der Waals surface area contributed by atoms with E-state index in [-0.39, 0.29) is 0 Å². The van der Waals surface area contributed by atoms with Crippen LogP contribution < -0.4 is 5.32 Å². The molecule has 1 aliphatic rings. The third kappa shape index (κ3) is 2.79. The molecule has 0 aromatic carbocycles. The summed E-state index contributed by atoms with van der Waals surface area (Å²) in [5.74, 6) is 0.966. The van der Waals surface area contributed by atoms with Gasteiger partial charge in [-0.2, -0.15) is 0 Å². The second kappa shape index (κ2) is 4.77. The topological polar surface area (TPSA) is 41.3 Å². The molecular formula is C11H19N3O. The highest BCUT2D eigenvalue weighted by molar-refractivity contribution is 5.03. The molecule has 0 atom stereocenters. The molecule has 1 N–H and O–H groups in total. The highest BCUT2D eigenvalue weighted by Crippen LogP contribution is 2.13. The van der Waals surface area contributed by atoms with Crippen LogP contribution in [0, 0.1) is 6.92 Å². The summed E-state index contributed by atoms with van der Waals surface area (Å²) in [6.07, 6.45) is 2.45. The molecule has 0 aliphatic carbocycles. The molecule has 15 heavy (non-hydrogen) atoms. The van der Waals surface area contributed by atoms with Crippen molar-refractivity contribution in [1.82, 2.24) is 15.4 Å². The SMILES string of the molecule is Cc1cc(CN(C)C2CCNCC2)on1. The van der Waals surface area contributed by atoms with E-state index >= 15 is 0 Å². The summed E-state index contributed by atoms with van der Waals surface area (Å²) < 4.78 is 5.22. The molecule has 84 valence electrons. The minimum Gasteiger partial charge on any atom is -0.360 e. The molecule has 4 heteroatoms. The fraction of sp³-hybridized carbons (Fsp3) is 0.727. The summed E-state index contributed by atoms with van der Waals surface area (Å²) in [5, 5.41) is 7.28. The number of nitrogens with zero attached hydrogens (tertiary/aromatic N) is 2. The molecule has 2 heterocycles. The third-order valence-corrected chi connectivity index (χ3v) is 3.01. The van der Waals surface area contributed by atoms with Gasteiger partial charge in [-0.1, -0.05) is 5.16 Å². The van der Waals surface area contributed by atoms with Crippen LogP contribution in [0.3, 0.4) is 0 Å². The molecular weight excluding hydrogens is 190 g/mol. The van der Waals surface area contributed by atoms with Gasteiger partial charge < -0.3 is 9.84 Å². The lowest BCUT2D eigenvalue weighted by molar-refractivity contribution is 0.173. The Bertz CT molecular complexity index is 305. The molecule has 0 bridgehead atoms. The number of aromatic nitrogens is 1. The first-order valence-electron chi connectivity index (χ1n) is 5.59. The first kappa shape index (κ1) is 10.6. The van der Waals surface area contributed by atoms with Crippen LogP contribution in [0.4, 0.5) is 0 Å². The van der Waals surface area contributed by atoms with Crippen molar-refractivity contribution in [3.8, 4) is 0 Å². The van der Waals surface area contributed by atoms with Crippen molar-refractivity contribution < 1.29 is 4.52 Å². The van der Waals surface area contributed by atoms with Gasteiger partial charge >= 0.3 is 0 Å². The summed E-state index contributed by atoms with van der Waals surface area (Å²) in [7, 11) is 2.16. The number of hydrogen-bond donors (Lipinski definition) is 1. The lowest BCUT2D eigenvalue weighted by atomic mass is 10.1. The summed E-state index contributed by atoms with van der Waals surface area (Å²) in [6, 6.07) is 2.69. The summed E-state index contributed by atoms with van der Waals surface area (Å²) in [5.41, 5.74) is 0.962. The minimum atomic E-state index is 0.677. The average Bonchev–Trinajstić information content (AvgIpc) is 2.65. The molecule has 0 amide bonds. The number of nitrogens with one attached hydrogen (secondary N) is 1.